The van der Waals surface area contributed by atoms with Crippen LogP contribution < -0.4 is 41.2 Å². The van der Waals surface area contributed by atoms with Crippen molar-refractivity contribution in [3.8, 4) is 11.5 Å². The first kappa shape index (κ1) is 114. The van der Waals surface area contributed by atoms with Crippen molar-refractivity contribution in [1.82, 2.24) is 35.8 Å². The SMILES string of the molecule is COc1ccc(C(OCC(OC(=O)CCC(=O)NS(#P)=S)C(=O)N(CCCNC(=O)CCCCO[C@@H]2OC(COC(C)=O)[C@H](OC(C)=O)[C@H](OC(C)=O)C2NC(C)=O)CCCN(CCCNC(=O)CCCCO[C@@H]2OC(COC(C)=O)[C@H](OC(C)=O)[C@H](C)C2NC(C)=O)C(=O)CCCCO[C@@H]2OC(COC(C)=O)[C@H](OC(C)=O)[C@H](OC(C)=O)C2N)(c2ccccc2)c2ccc(OC)cc2)cc1. The predicted molar refractivity (Wildman–Crippen MR) is 486 cm³/mol. The number of rotatable bonds is 56. The van der Waals surface area contributed by atoms with E-state index in [9.17, 15) is 71.9 Å². The molecule has 3 heterocycles. The summed E-state index contributed by atoms with van der Waals surface area (Å²) in [5, 5.41) is 11.2. The number of unbranched alkanes of at least 4 members (excludes halogenated alkanes) is 3. The van der Waals surface area contributed by atoms with Crippen LogP contribution in [0.1, 0.15) is 183 Å². The number of nitrogens with zero attached hydrogens (tertiary/aromatic N) is 2. The smallest absolute Gasteiger partial charge is 0.497 e. The number of amides is 7. The number of nitrogens with one attached hydrogen (secondary N) is 5. The molecule has 136 heavy (non-hydrogen) atoms. The molecule has 3 aliphatic rings. The number of esters is 9. The van der Waals surface area contributed by atoms with Gasteiger partial charge >= 0.3 is 200 Å². The molecule has 7 N–H and O–H groups in total. The van der Waals surface area contributed by atoms with Gasteiger partial charge in [0.15, 0.2) is 43.3 Å². The van der Waals surface area contributed by atoms with Crippen molar-refractivity contribution in [2.45, 2.75) is 264 Å². The molecule has 0 aliphatic carbocycles. The number of hydrogen-bond acceptors (Lipinski definition) is 36. The first-order chi connectivity index (χ1) is 64.7. The minimum Gasteiger partial charge on any atom is -0.497 e. The standard InChI is InChI=1S/C91H129N8O34PS2/c1-54-80(95-55(2)100)89(132-70(50-121-57(4)102)82(54)125-60(7)105)119-48-20-17-28-74(110)93-41-23-43-98(77(113)30-19-22-47-118-88-79(92)85(128-63(10)108)83(126-61(8)106)71(131-88)51-122-58(5)103)45-25-46-99(44-24-42-94-75(111)29-18-21-49-120-90-81(96-56(3)101)86(129-64(11)109)84(127-62(9)107)72(133-90)52-123-59(6)104)87(115)73(130-78(114)40-39-76(112)97-136(134)135)53-124-91(65-26-15-14-16-27-65,66-31-35-68(116-12)36-32-66)67-33-37-69(117-13)38-34-67/h14-16,26-27,31-38,54,70-73,79-86,88-90H,17-25,28-30,39-53,92H2,1-13H3,(H,93,110)(H,94,111)(H,95,100)(H,96,101)(H,97,112,135)/t54-,70?,71?,72?,73?,79?,80?,81?,82-,83+,84+,85-,86-,88-,89-,90-/m1/s1. The molecule has 754 valence electrons. The van der Waals surface area contributed by atoms with Gasteiger partial charge in [-0.15, -0.1) is 0 Å². The molecule has 6 rings (SSSR count). The van der Waals surface area contributed by atoms with Crippen LogP contribution in [-0.2, 0) is 178 Å². The quantitative estimate of drug-likeness (QED) is 0.0151. The van der Waals surface area contributed by atoms with Crippen molar-refractivity contribution in [3.63, 3.8) is 0 Å². The summed E-state index contributed by atoms with van der Waals surface area (Å²) in [6, 6.07) is 19.8. The zero-order valence-corrected chi connectivity index (χ0v) is 81.5. The van der Waals surface area contributed by atoms with E-state index >= 15 is 4.79 Å². The maximum atomic E-state index is 16.0. The van der Waals surface area contributed by atoms with Gasteiger partial charge in [-0.3, -0.25) is 62.3 Å². The molecule has 3 aromatic rings. The summed E-state index contributed by atoms with van der Waals surface area (Å²) in [6.07, 6.45) is -14.5. The number of ether oxygens (including phenoxy) is 18. The van der Waals surface area contributed by atoms with Crippen LogP contribution in [0.5, 0.6) is 11.5 Å². The van der Waals surface area contributed by atoms with Crippen LogP contribution in [0.25, 0.3) is 0 Å². The predicted octanol–water partition coefficient (Wildman–Crippen LogP) is 4.26. The van der Waals surface area contributed by atoms with E-state index in [1.807, 2.05) is 12.1 Å². The van der Waals surface area contributed by atoms with Crippen LogP contribution in [-0.4, -0.2) is 297 Å². The Labute approximate surface area is 798 Å². The van der Waals surface area contributed by atoms with E-state index in [4.69, 9.17) is 102 Å². The first-order valence-electron chi connectivity index (χ1n) is 44.8. The zero-order chi connectivity index (χ0) is 100. The molecule has 7 unspecified atom stereocenters. The molecule has 0 bridgehead atoms. The van der Waals surface area contributed by atoms with E-state index < -0.39 is 228 Å². The van der Waals surface area contributed by atoms with Crippen molar-refractivity contribution in [2.24, 2.45) is 11.7 Å². The molecule has 0 radical (unpaired) electrons. The van der Waals surface area contributed by atoms with Gasteiger partial charge in [-0.2, -0.15) is 0 Å². The number of methoxy groups -OCH3 is 2. The second kappa shape index (κ2) is 59.5. The van der Waals surface area contributed by atoms with Crippen molar-refractivity contribution in [1.29, 1.82) is 0 Å². The second-order valence-corrected chi connectivity index (χ2v) is 35.9. The zero-order valence-electron chi connectivity index (χ0n) is 79.0. The number of hydrogen-bond donors (Lipinski definition) is 6. The summed E-state index contributed by atoms with van der Waals surface area (Å²) in [5.74, 6) is -9.87. The number of carbonyl (C=O) groups excluding carboxylic acids is 16. The van der Waals surface area contributed by atoms with E-state index in [1.54, 1.807) is 78.6 Å². The maximum absolute atomic E-state index is 16.0. The van der Waals surface area contributed by atoms with Gasteiger partial charge in [0, 0.05) is 140 Å². The Morgan fingerprint density at radius 2 is 0.846 bits per heavy atom. The molecule has 3 fully saturated rings. The van der Waals surface area contributed by atoms with Gasteiger partial charge in [0.2, 0.25) is 29.5 Å². The Hall–Kier alpha value is -10.7. The van der Waals surface area contributed by atoms with Gasteiger partial charge in [-0.05, 0) is 69.2 Å². The molecule has 16 atom stereocenters. The number of carbonyl (C=O) groups is 16. The Kier molecular flexibility index (Phi) is 49.9. The van der Waals surface area contributed by atoms with Gasteiger partial charge in [0.05, 0.1) is 26.3 Å². The topological polar surface area (TPSA) is 532 Å². The van der Waals surface area contributed by atoms with Crippen LogP contribution in [0, 0.1) is 5.92 Å². The monoisotopic (exact) mass is 1970 g/mol. The van der Waals surface area contributed by atoms with E-state index in [-0.39, 0.29) is 142 Å². The van der Waals surface area contributed by atoms with E-state index in [2.05, 4.69) is 33.8 Å². The van der Waals surface area contributed by atoms with Crippen LogP contribution in [0.4, 0.5) is 0 Å². The molecular weight excluding hydrogens is 1840 g/mol. The fourth-order valence-electron chi connectivity index (χ4n) is 15.4. The summed E-state index contributed by atoms with van der Waals surface area (Å²) in [6.45, 7) is 11.2. The van der Waals surface area contributed by atoms with Crippen molar-refractivity contribution in [3.05, 3.63) is 95.6 Å². The van der Waals surface area contributed by atoms with Crippen molar-refractivity contribution >= 4 is 123 Å². The summed E-state index contributed by atoms with van der Waals surface area (Å²) in [5.41, 5.74) is 6.63. The summed E-state index contributed by atoms with van der Waals surface area (Å²) >= 11 is 5.08. The van der Waals surface area contributed by atoms with Crippen molar-refractivity contribution in [2.75, 3.05) is 99.7 Å². The Balaban J connectivity index is 1.29. The summed E-state index contributed by atoms with van der Waals surface area (Å²) < 4.78 is 107. The first-order valence-corrected chi connectivity index (χ1v) is 48.0. The normalized spacial score (nSPS) is 21.4. The Morgan fingerprint density at radius 1 is 0.449 bits per heavy atom. The molecule has 0 aromatic heterocycles. The Morgan fingerprint density at radius 3 is 1.31 bits per heavy atom. The van der Waals surface area contributed by atoms with Gasteiger partial charge in [-0.1, -0.05) is 61.5 Å². The molecule has 0 spiro atoms. The fraction of sp³-hybridized carbons (Fsp3) is 0.626. The molecule has 3 saturated heterocycles. The molecule has 45 heteroatoms. The Bertz CT molecular complexity index is 4550. The average molecular weight is 1970 g/mol. The third kappa shape index (κ3) is 39.1. The molecule has 3 aromatic carbocycles. The van der Waals surface area contributed by atoms with E-state index in [0.717, 1.165) is 41.5 Å². The molecule has 42 nitrogen and oxygen atoms in total. The summed E-state index contributed by atoms with van der Waals surface area (Å²) in [7, 11) is 5.85. The molecule has 3 aliphatic heterocycles. The molecule has 7 amide bonds. The van der Waals surface area contributed by atoms with Gasteiger partial charge < -0.3 is 108 Å². The van der Waals surface area contributed by atoms with Crippen LogP contribution in [0.3, 0.4) is 0 Å². The third-order valence-corrected chi connectivity index (χ3v) is 22.5. The van der Waals surface area contributed by atoms with Gasteiger partial charge in [0.1, 0.15) is 61.8 Å². The minimum atomic E-state index is -1.79. The van der Waals surface area contributed by atoms with E-state index in [1.165, 1.54) is 46.8 Å². The second-order valence-electron chi connectivity index (χ2n) is 32.3. The van der Waals surface area contributed by atoms with Crippen LogP contribution in [0.15, 0.2) is 78.9 Å². The fourth-order valence-corrected chi connectivity index (χ4v) is 16.3. The van der Waals surface area contributed by atoms with E-state index in [0.29, 0.717) is 41.0 Å². The average Bonchev–Trinajstić information content (AvgIpc) is 0.748. The number of benzene rings is 3. The molecular formula is C91H129N8O34PS2. The summed E-state index contributed by atoms with van der Waals surface area (Å²) in [4.78, 5) is 211. The molecule has 0 saturated carbocycles. The van der Waals surface area contributed by atoms with Crippen molar-refractivity contribution < 1.29 is 162 Å². The van der Waals surface area contributed by atoms with Crippen LogP contribution >= 0.6 is 7.81 Å². The van der Waals surface area contributed by atoms with Gasteiger partial charge in [-0.25, -0.2) is 0 Å². The third-order valence-electron chi connectivity index (χ3n) is 21.5. The minimum absolute atomic E-state index is 0.0286. The van der Waals surface area contributed by atoms with Crippen LogP contribution in [0.2, 0.25) is 0 Å². The van der Waals surface area contributed by atoms with Gasteiger partial charge in [0.25, 0.3) is 0 Å². The number of nitrogens with two attached hydrogens (primary N) is 1.